The molecule has 24 heavy (non-hydrogen) atoms. The monoisotopic (exact) mass is 326 g/mol. The van der Waals surface area contributed by atoms with Gasteiger partial charge in [0.25, 0.3) is 11.8 Å². The van der Waals surface area contributed by atoms with E-state index in [1.807, 2.05) is 0 Å². The molecule has 0 saturated carbocycles. The van der Waals surface area contributed by atoms with Crippen LogP contribution in [-0.2, 0) is 0 Å². The molecule has 0 bridgehead atoms. The maximum absolute atomic E-state index is 13.5. The number of benzene rings is 2. The third-order valence-corrected chi connectivity index (χ3v) is 3.16. The molecule has 2 N–H and O–H groups in total. The summed E-state index contributed by atoms with van der Waals surface area (Å²) >= 11 is 0. The lowest BCUT2D eigenvalue weighted by molar-refractivity contribution is 0.0844. The van der Waals surface area contributed by atoms with Crippen molar-refractivity contribution in [1.82, 2.24) is 21.0 Å². The van der Waals surface area contributed by atoms with Gasteiger partial charge in [-0.05, 0) is 36.4 Å². The lowest BCUT2D eigenvalue weighted by Gasteiger charge is -2.08. The topological polar surface area (TPSA) is 97.1 Å². The number of amides is 2. The number of nitrogens with one attached hydrogen (secondary N) is 2. The standard InChI is InChI=1S/C16H11FN4O3/c17-13-4-2-1-3-12(13)15(23)20-19-14(22)10-5-7-11(8-6-10)16-21-18-9-24-16/h1-9H,(H,19,22)(H,20,23). The Bertz CT molecular complexity index is 863. The van der Waals surface area contributed by atoms with Gasteiger partial charge in [0.05, 0.1) is 5.56 Å². The molecule has 3 aromatic rings. The first-order valence-corrected chi connectivity index (χ1v) is 6.87. The number of rotatable bonds is 3. The highest BCUT2D eigenvalue weighted by Gasteiger charge is 2.13. The van der Waals surface area contributed by atoms with Crippen molar-refractivity contribution in [1.29, 1.82) is 0 Å². The Labute approximate surface area is 135 Å². The number of carbonyl (C=O) groups is 2. The van der Waals surface area contributed by atoms with E-state index in [-0.39, 0.29) is 5.56 Å². The van der Waals surface area contributed by atoms with Gasteiger partial charge in [-0.2, -0.15) is 0 Å². The van der Waals surface area contributed by atoms with Crippen LogP contribution in [0.3, 0.4) is 0 Å². The highest BCUT2D eigenvalue weighted by atomic mass is 19.1. The van der Waals surface area contributed by atoms with Gasteiger partial charge in [0.2, 0.25) is 12.3 Å². The summed E-state index contributed by atoms with van der Waals surface area (Å²) in [6.07, 6.45) is 1.20. The summed E-state index contributed by atoms with van der Waals surface area (Å²) in [6, 6.07) is 11.8. The molecule has 0 spiro atoms. The second kappa shape index (κ2) is 6.69. The Kier molecular flexibility index (Phi) is 4.28. The Morgan fingerprint density at radius 2 is 1.67 bits per heavy atom. The Hall–Kier alpha value is -3.55. The number of hydrazine groups is 1. The molecule has 0 radical (unpaired) electrons. The number of hydrogen-bond donors (Lipinski definition) is 2. The molecule has 0 aliphatic heterocycles. The predicted octanol–water partition coefficient (Wildman–Crippen LogP) is 1.95. The van der Waals surface area contributed by atoms with E-state index >= 15 is 0 Å². The molecule has 2 amide bonds. The van der Waals surface area contributed by atoms with Crippen molar-refractivity contribution >= 4 is 11.8 Å². The van der Waals surface area contributed by atoms with Crippen molar-refractivity contribution in [3.63, 3.8) is 0 Å². The average molecular weight is 326 g/mol. The molecule has 3 rings (SSSR count). The van der Waals surface area contributed by atoms with Crippen LogP contribution in [0.25, 0.3) is 11.5 Å². The van der Waals surface area contributed by atoms with Crippen LogP contribution < -0.4 is 10.9 Å². The zero-order chi connectivity index (χ0) is 16.9. The SMILES string of the molecule is O=C(NNC(=O)c1ccccc1F)c1ccc(-c2nnco2)cc1. The van der Waals surface area contributed by atoms with Crippen LogP contribution in [0.15, 0.2) is 59.3 Å². The van der Waals surface area contributed by atoms with Crippen LogP contribution in [0.2, 0.25) is 0 Å². The van der Waals surface area contributed by atoms with E-state index in [9.17, 15) is 14.0 Å². The van der Waals surface area contributed by atoms with Crippen LogP contribution >= 0.6 is 0 Å². The average Bonchev–Trinajstić information content (AvgIpc) is 3.14. The quantitative estimate of drug-likeness (QED) is 0.717. The molecular weight excluding hydrogens is 315 g/mol. The Morgan fingerprint density at radius 1 is 0.958 bits per heavy atom. The van der Waals surface area contributed by atoms with Gasteiger partial charge < -0.3 is 4.42 Å². The van der Waals surface area contributed by atoms with Gasteiger partial charge >= 0.3 is 0 Å². The molecule has 1 aromatic heterocycles. The van der Waals surface area contributed by atoms with Crippen LogP contribution in [0.4, 0.5) is 4.39 Å². The maximum Gasteiger partial charge on any atom is 0.272 e. The summed E-state index contributed by atoms with van der Waals surface area (Å²) in [5.74, 6) is -1.64. The zero-order valence-corrected chi connectivity index (χ0v) is 12.2. The minimum absolute atomic E-state index is 0.162. The van der Waals surface area contributed by atoms with Crippen molar-refractivity contribution in [3.05, 3.63) is 71.9 Å². The third-order valence-electron chi connectivity index (χ3n) is 3.16. The fourth-order valence-electron chi connectivity index (χ4n) is 1.96. The first-order chi connectivity index (χ1) is 11.6. The number of aromatic nitrogens is 2. The van der Waals surface area contributed by atoms with E-state index in [0.29, 0.717) is 17.0 Å². The summed E-state index contributed by atoms with van der Waals surface area (Å²) in [6.45, 7) is 0. The van der Waals surface area contributed by atoms with Crippen molar-refractivity contribution in [2.24, 2.45) is 0 Å². The van der Waals surface area contributed by atoms with Crippen molar-refractivity contribution < 1.29 is 18.4 Å². The zero-order valence-electron chi connectivity index (χ0n) is 12.2. The van der Waals surface area contributed by atoms with Gasteiger partial charge in [0.1, 0.15) is 5.82 Å². The highest BCUT2D eigenvalue weighted by molar-refractivity contribution is 5.99. The Morgan fingerprint density at radius 3 is 2.33 bits per heavy atom. The van der Waals surface area contributed by atoms with E-state index in [4.69, 9.17) is 4.42 Å². The first kappa shape index (κ1) is 15.3. The van der Waals surface area contributed by atoms with Gasteiger partial charge in [-0.15, -0.1) is 10.2 Å². The van der Waals surface area contributed by atoms with Gasteiger partial charge in [-0.1, -0.05) is 12.1 Å². The van der Waals surface area contributed by atoms with Gasteiger partial charge in [-0.3, -0.25) is 20.4 Å². The summed E-state index contributed by atoms with van der Waals surface area (Å²) in [5, 5.41) is 7.32. The van der Waals surface area contributed by atoms with Gasteiger partial charge in [0.15, 0.2) is 0 Å². The largest absolute Gasteiger partial charge is 0.423 e. The van der Waals surface area contributed by atoms with Crippen LogP contribution in [-0.4, -0.2) is 22.0 Å². The fraction of sp³-hybridized carbons (Fsp3) is 0. The summed E-state index contributed by atoms with van der Waals surface area (Å²) in [7, 11) is 0. The van der Waals surface area contributed by atoms with Crippen molar-refractivity contribution in [3.8, 4) is 11.5 Å². The molecule has 2 aromatic carbocycles. The number of carbonyl (C=O) groups excluding carboxylic acids is 2. The molecule has 1 heterocycles. The molecule has 120 valence electrons. The minimum atomic E-state index is -0.746. The summed E-state index contributed by atoms with van der Waals surface area (Å²) < 4.78 is 18.5. The fourth-order valence-corrected chi connectivity index (χ4v) is 1.96. The van der Waals surface area contributed by atoms with Crippen molar-refractivity contribution in [2.45, 2.75) is 0 Å². The molecule has 0 atom stereocenters. The van der Waals surface area contributed by atoms with Gasteiger partial charge in [-0.25, -0.2) is 4.39 Å². The molecule has 0 saturated heterocycles. The molecule has 0 aliphatic rings. The smallest absolute Gasteiger partial charge is 0.272 e. The van der Waals surface area contributed by atoms with Gasteiger partial charge in [0, 0.05) is 11.1 Å². The molecule has 7 nitrogen and oxygen atoms in total. The Balaban J connectivity index is 1.63. The normalized spacial score (nSPS) is 10.2. The van der Waals surface area contributed by atoms with E-state index in [2.05, 4.69) is 21.0 Å². The third kappa shape index (κ3) is 3.27. The number of hydrogen-bond acceptors (Lipinski definition) is 5. The lowest BCUT2D eigenvalue weighted by Crippen LogP contribution is -2.41. The van der Waals surface area contributed by atoms with E-state index in [1.165, 1.54) is 36.7 Å². The van der Waals surface area contributed by atoms with E-state index in [1.54, 1.807) is 12.1 Å². The number of halogens is 1. The highest BCUT2D eigenvalue weighted by Crippen LogP contribution is 2.16. The molecule has 0 unspecified atom stereocenters. The number of nitrogens with zero attached hydrogens (tertiary/aromatic N) is 2. The van der Waals surface area contributed by atoms with Crippen molar-refractivity contribution in [2.75, 3.05) is 0 Å². The summed E-state index contributed by atoms with van der Waals surface area (Å²) in [5.41, 5.74) is 5.17. The summed E-state index contributed by atoms with van der Waals surface area (Å²) in [4.78, 5) is 23.8. The molecule has 8 heteroatoms. The molecule has 0 aliphatic carbocycles. The minimum Gasteiger partial charge on any atom is -0.423 e. The van der Waals surface area contributed by atoms with Crippen LogP contribution in [0.1, 0.15) is 20.7 Å². The van der Waals surface area contributed by atoms with E-state index in [0.717, 1.165) is 6.07 Å². The lowest BCUT2D eigenvalue weighted by atomic mass is 10.1. The molecule has 0 fully saturated rings. The first-order valence-electron chi connectivity index (χ1n) is 6.87. The predicted molar refractivity (Wildman–Crippen MR) is 81.1 cm³/mol. The second-order valence-electron chi connectivity index (χ2n) is 4.71. The van der Waals surface area contributed by atoms with Crippen LogP contribution in [0, 0.1) is 5.82 Å². The molecular formula is C16H11FN4O3. The van der Waals surface area contributed by atoms with E-state index < -0.39 is 17.6 Å². The van der Waals surface area contributed by atoms with Crippen LogP contribution in [0.5, 0.6) is 0 Å². The maximum atomic E-state index is 13.5. The second-order valence-corrected chi connectivity index (χ2v) is 4.71.